The molecule has 0 atom stereocenters. The van der Waals surface area contributed by atoms with Crippen LogP contribution in [0.15, 0.2) is 70.6 Å². The van der Waals surface area contributed by atoms with Gasteiger partial charge in [0.05, 0.1) is 4.90 Å². The molecule has 38 heavy (non-hydrogen) atoms. The first-order valence-electron chi connectivity index (χ1n) is 12.5. The highest BCUT2D eigenvalue weighted by Gasteiger charge is 2.19. The average molecular weight is 535 g/mol. The van der Waals surface area contributed by atoms with Gasteiger partial charge in [0.15, 0.2) is 9.84 Å². The number of nitrogens with one attached hydrogen (secondary N) is 2. The van der Waals surface area contributed by atoms with Crippen molar-refractivity contribution in [1.29, 1.82) is 0 Å². The molecule has 10 heteroatoms. The number of amides is 1. The second-order valence-electron chi connectivity index (χ2n) is 9.59. The number of hydrogen-bond acceptors (Lipinski definition) is 6. The first-order chi connectivity index (χ1) is 18.2. The highest BCUT2D eigenvalue weighted by molar-refractivity contribution is 7.90. The van der Waals surface area contributed by atoms with Crippen LogP contribution in [0.1, 0.15) is 23.2 Å². The van der Waals surface area contributed by atoms with Gasteiger partial charge in [-0.25, -0.2) is 8.42 Å². The summed E-state index contributed by atoms with van der Waals surface area (Å²) in [7, 11) is -1.86. The molecule has 4 aromatic rings. The largest absolute Gasteiger partial charge is 0.457 e. The molecule has 1 saturated heterocycles. The number of carbonyl (C=O) groups is 1. The van der Waals surface area contributed by atoms with Gasteiger partial charge in [-0.1, -0.05) is 6.07 Å². The number of nitrogens with zero attached hydrogens (tertiary/aromatic N) is 2. The molecule has 0 bridgehead atoms. The van der Waals surface area contributed by atoms with Crippen LogP contribution in [0.5, 0.6) is 11.5 Å². The third-order valence-electron chi connectivity index (χ3n) is 6.80. The summed E-state index contributed by atoms with van der Waals surface area (Å²) in [6.45, 7) is 3.54. The molecule has 9 nitrogen and oxygen atoms in total. The molecule has 2 N–H and O–H groups in total. The van der Waals surface area contributed by atoms with Crippen molar-refractivity contribution in [3.63, 3.8) is 0 Å². The first-order valence-corrected chi connectivity index (χ1v) is 14.4. The molecule has 1 aliphatic heterocycles. The molecule has 2 aromatic heterocycles. The van der Waals surface area contributed by atoms with Gasteiger partial charge in [0, 0.05) is 60.9 Å². The summed E-state index contributed by atoms with van der Waals surface area (Å²) in [4.78, 5) is 30.8. The fraction of sp³-hybridized carbons (Fsp3) is 0.286. The lowest BCUT2D eigenvalue weighted by Crippen LogP contribution is -2.33. The molecule has 0 saturated carbocycles. The van der Waals surface area contributed by atoms with E-state index in [1.165, 1.54) is 23.5 Å². The van der Waals surface area contributed by atoms with Crippen molar-refractivity contribution in [2.24, 2.45) is 7.05 Å². The smallest absolute Gasteiger partial charge is 0.274 e. The summed E-state index contributed by atoms with van der Waals surface area (Å²) < 4.78 is 32.4. The van der Waals surface area contributed by atoms with Gasteiger partial charge in [0.2, 0.25) is 0 Å². The Balaban J connectivity index is 1.47. The monoisotopic (exact) mass is 534 g/mol. The van der Waals surface area contributed by atoms with Gasteiger partial charge in [0.1, 0.15) is 17.0 Å². The van der Waals surface area contributed by atoms with Crippen molar-refractivity contribution < 1.29 is 17.9 Å². The fourth-order valence-corrected chi connectivity index (χ4v) is 5.43. The van der Waals surface area contributed by atoms with E-state index in [4.69, 9.17) is 4.74 Å². The first kappa shape index (κ1) is 25.7. The molecule has 2 aromatic carbocycles. The Morgan fingerprint density at radius 3 is 2.63 bits per heavy atom. The number of ether oxygens (including phenoxy) is 1. The molecule has 1 aliphatic rings. The highest BCUT2D eigenvalue weighted by atomic mass is 32.2. The van der Waals surface area contributed by atoms with Crippen molar-refractivity contribution in [1.82, 2.24) is 19.8 Å². The van der Waals surface area contributed by atoms with Crippen LogP contribution in [-0.4, -0.2) is 61.2 Å². The molecule has 0 radical (unpaired) electrons. The number of hydrogen-bond donors (Lipinski definition) is 2. The Bertz CT molecular complexity index is 1670. The summed E-state index contributed by atoms with van der Waals surface area (Å²) >= 11 is 0. The second kappa shape index (κ2) is 10.5. The molecule has 3 heterocycles. The number of aromatic nitrogens is 2. The maximum Gasteiger partial charge on any atom is 0.274 e. The van der Waals surface area contributed by atoms with E-state index < -0.39 is 9.84 Å². The zero-order chi connectivity index (χ0) is 26.9. The molecule has 0 unspecified atom stereocenters. The molecule has 198 valence electrons. The topological polar surface area (TPSA) is 114 Å². The summed E-state index contributed by atoms with van der Waals surface area (Å²) in [5, 5.41) is 3.62. The number of aromatic amines is 1. The van der Waals surface area contributed by atoms with Crippen LogP contribution in [0, 0.1) is 0 Å². The van der Waals surface area contributed by atoms with Gasteiger partial charge in [-0.15, -0.1) is 0 Å². The number of pyridine rings is 1. The van der Waals surface area contributed by atoms with Gasteiger partial charge < -0.3 is 24.5 Å². The molecule has 5 rings (SSSR count). The van der Waals surface area contributed by atoms with Crippen LogP contribution in [-0.2, 0) is 16.9 Å². The van der Waals surface area contributed by atoms with Crippen LogP contribution in [0.3, 0.4) is 0 Å². The van der Waals surface area contributed by atoms with Gasteiger partial charge in [-0.05, 0) is 68.4 Å². The predicted molar refractivity (Wildman–Crippen MR) is 147 cm³/mol. The summed E-state index contributed by atoms with van der Waals surface area (Å²) in [5.74, 6) is 0.639. The lowest BCUT2D eigenvalue weighted by atomic mass is 10.0. The highest BCUT2D eigenvalue weighted by Crippen LogP contribution is 2.38. The van der Waals surface area contributed by atoms with Crippen molar-refractivity contribution in [2.75, 3.05) is 32.4 Å². The minimum absolute atomic E-state index is 0.128. The fourth-order valence-electron chi connectivity index (χ4n) is 4.79. The minimum Gasteiger partial charge on any atom is -0.457 e. The molecule has 0 spiro atoms. The van der Waals surface area contributed by atoms with E-state index in [9.17, 15) is 18.0 Å². The number of aryl methyl sites for hydroxylation is 1. The number of H-pyrrole nitrogens is 1. The van der Waals surface area contributed by atoms with Gasteiger partial charge in [-0.3, -0.25) is 9.59 Å². The average Bonchev–Trinajstić information content (AvgIpc) is 3.59. The van der Waals surface area contributed by atoms with E-state index in [1.54, 1.807) is 61.9 Å². The molecular weight excluding hydrogens is 504 g/mol. The number of likely N-dealkylation sites (tertiary alicyclic amines) is 1. The van der Waals surface area contributed by atoms with E-state index in [1.807, 2.05) is 0 Å². The van der Waals surface area contributed by atoms with Crippen molar-refractivity contribution in [3.8, 4) is 22.6 Å². The molecule has 1 fully saturated rings. The summed E-state index contributed by atoms with van der Waals surface area (Å²) in [6, 6.07) is 13.3. The van der Waals surface area contributed by atoms with Crippen molar-refractivity contribution in [3.05, 3.63) is 76.8 Å². The predicted octanol–water partition coefficient (Wildman–Crippen LogP) is 3.56. The van der Waals surface area contributed by atoms with Crippen molar-refractivity contribution in [2.45, 2.75) is 17.7 Å². The lowest BCUT2D eigenvalue weighted by Gasteiger charge is -2.16. The standard InChI is InChI=1S/C28H30N4O5S/c1-31-18-24(22-10-11-29-26(22)28(31)34)23-17-21(38(2,35)36)8-9-25(23)37-20-7-5-6-19(16-20)27(33)30-12-15-32-13-3-4-14-32/h5-11,16-18,29H,3-4,12-15H2,1-2H3,(H,30,33). The molecule has 1 amide bonds. The third-order valence-corrected chi connectivity index (χ3v) is 7.91. The zero-order valence-electron chi connectivity index (χ0n) is 21.4. The van der Waals surface area contributed by atoms with Crippen molar-refractivity contribution >= 4 is 26.6 Å². The minimum atomic E-state index is -3.50. The Kier molecular flexibility index (Phi) is 7.09. The quantitative estimate of drug-likeness (QED) is 0.357. The summed E-state index contributed by atoms with van der Waals surface area (Å²) in [6.07, 6.45) is 6.88. The molecule has 0 aliphatic carbocycles. The lowest BCUT2D eigenvalue weighted by molar-refractivity contribution is 0.0949. The van der Waals surface area contributed by atoms with Gasteiger partial charge in [-0.2, -0.15) is 0 Å². The molecular formula is C28H30N4O5S. The third kappa shape index (κ3) is 5.36. The maximum atomic E-state index is 12.8. The Labute approximate surface area is 221 Å². The van der Waals surface area contributed by atoms with E-state index in [0.717, 1.165) is 25.9 Å². The van der Waals surface area contributed by atoms with Gasteiger partial charge in [0.25, 0.3) is 11.5 Å². The normalized spacial score (nSPS) is 14.2. The van der Waals surface area contributed by atoms with Crippen LogP contribution in [0.25, 0.3) is 22.0 Å². The zero-order valence-corrected chi connectivity index (χ0v) is 22.2. The van der Waals surface area contributed by atoms with E-state index in [-0.39, 0.29) is 16.4 Å². The van der Waals surface area contributed by atoms with E-state index in [2.05, 4.69) is 15.2 Å². The Morgan fingerprint density at radius 1 is 1.08 bits per heavy atom. The number of fused-ring (bicyclic) bond motifs is 1. The Hall–Kier alpha value is -3.89. The van der Waals surface area contributed by atoms with Gasteiger partial charge >= 0.3 is 0 Å². The van der Waals surface area contributed by atoms with Crippen LogP contribution >= 0.6 is 0 Å². The summed E-state index contributed by atoms with van der Waals surface area (Å²) in [5.41, 5.74) is 1.83. The van der Waals surface area contributed by atoms with Crippen LogP contribution in [0.4, 0.5) is 0 Å². The Morgan fingerprint density at radius 2 is 1.87 bits per heavy atom. The second-order valence-corrected chi connectivity index (χ2v) is 11.6. The van der Waals surface area contributed by atoms with Crippen LogP contribution in [0.2, 0.25) is 0 Å². The number of rotatable bonds is 8. The maximum absolute atomic E-state index is 12.8. The van der Waals surface area contributed by atoms with E-state index >= 15 is 0 Å². The number of carbonyl (C=O) groups excluding carboxylic acids is 1. The SMILES string of the molecule is Cn1cc(-c2cc(S(C)(=O)=O)ccc2Oc2cccc(C(=O)NCCN3CCCC3)c2)c2cc[nH]c2c1=O. The number of sulfone groups is 1. The van der Waals surface area contributed by atoms with Crippen LogP contribution < -0.4 is 15.6 Å². The number of benzene rings is 2. The van der Waals surface area contributed by atoms with E-state index in [0.29, 0.717) is 45.6 Å².